The molecule has 1 aromatic rings. The molecule has 1 aromatic heterocycles. The highest BCUT2D eigenvalue weighted by Gasteiger charge is 2.17. The minimum Gasteiger partial charge on any atom is -0.468 e. The fourth-order valence-corrected chi connectivity index (χ4v) is 1.83. The van der Waals surface area contributed by atoms with E-state index in [0.29, 0.717) is 25.9 Å². The van der Waals surface area contributed by atoms with E-state index in [9.17, 15) is 9.59 Å². The van der Waals surface area contributed by atoms with Crippen LogP contribution in [0.2, 0.25) is 0 Å². The molecule has 1 atom stereocenters. The van der Waals surface area contributed by atoms with Gasteiger partial charge in [-0.2, -0.15) is 0 Å². The monoisotopic (exact) mass is 281 g/mol. The summed E-state index contributed by atoms with van der Waals surface area (Å²) >= 11 is 0. The van der Waals surface area contributed by atoms with Gasteiger partial charge in [0.05, 0.1) is 12.3 Å². The van der Waals surface area contributed by atoms with E-state index in [-0.39, 0.29) is 17.9 Å². The third-order valence-electron chi connectivity index (χ3n) is 2.94. The second-order valence-electron chi connectivity index (χ2n) is 4.89. The topological polar surface area (TPSA) is 74.6 Å². The average Bonchev–Trinajstić information content (AvgIpc) is 2.88. The van der Waals surface area contributed by atoms with Gasteiger partial charge in [-0.3, -0.25) is 14.5 Å². The van der Waals surface area contributed by atoms with Gasteiger partial charge in [0.2, 0.25) is 11.8 Å². The van der Waals surface area contributed by atoms with Crippen molar-refractivity contribution in [3.05, 3.63) is 24.2 Å². The van der Waals surface area contributed by atoms with Gasteiger partial charge in [0.1, 0.15) is 5.76 Å². The summed E-state index contributed by atoms with van der Waals surface area (Å²) in [6, 6.07) is 3.75. The number of rotatable bonds is 8. The molecule has 0 aliphatic carbocycles. The highest BCUT2D eigenvalue weighted by Crippen LogP contribution is 2.17. The standard InChI is InChI=1S/C14H23N3O3/c1-11(18)15-8-4-7-14(19)16-10-12(17(2)3)13-6-5-9-20-13/h5-6,9,12H,4,7-8,10H2,1-3H3,(H,15,18)(H,16,19). The molecule has 2 N–H and O–H groups in total. The summed E-state index contributed by atoms with van der Waals surface area (Å²) in [7, 11) is 3.88. The Morgan fingerprint density at radius 3 is 2.65 bits per heavy atom. The molecule has 0 bridgehead atoms. The Morgan fingerprint density at radius 2 is 2.10 bits per heavy atom. The minimum atomic E-state index is -0.0732. The zero-order valence-electron chi connectivity index (χ0n) is 12.3. The highest BCUT2D eigenvalue weighted by molar-refractivity contribution is 5.76. The Hall–Kier alpha value is -1.82. The van der Waals surface area contributed by atoms with Crippen LogP contribution >= 0.6 is 0 Å². The summed E-state index contributed by atoms with van der Waals surface area (Å²) < 4.78 is 5.37. The van der Waals surface area contributed by atoms with Gasteiger partial charge >= 0.3 is 0 Å². The molecule has 1 heterocycles. The van der Waals surface area contributed by atoms with E-state index in [4.69, 9.17) is 4.42 Å². The fraction of sp³-hybridized carbons (Fsp3) is 0.571. The quantitative estimate of drug-likeness (QED) is 0.695. The maximum Gasteiger partial charge on any atom is 0.220 e. The number of carbonyl (C=O) groups excluding carboxylic acids is 2. The summed E-state index contributed by atoms with van der Waals surface area (Å²) in [5.74, 6) is 0.734. The molecule has 0 saturated carbocycles. The van der Waals surface area contributed by atoms with Crippen molar-refractivity contribution in [3.8, 4) is 0 Å². The van der Waals surface area contributed by atoms with Crippen molar-refractivity contribution in [3.63, 3.8) is 0 Å². The highest BCUT2D eigenvalue weighted by atomic mass is 16.3. The third kappa shape index (κ3) is 5.88. The summed E-state index contributed by atoms with van der Waals surface area (Å²) in [4.78, 5) is 24.4. The van der Waals surface area contributed by atoms with Gasteiger partial charge in [-0.1, -0.05) is 0 Å². The van der Waals surface area contributed by atoms with Gasteiger partial charge in [0, 0.05) is 26.4 Å². The molecule has 0 aliphatic heterocycles. The Labute approximate surface area is 119 Å². The molecule has 1 unspecified atom stereocenters. The van der Waals surface area contributed by atoms with Gasteiger partial charge in [-0.15, -0.1) is 0 Å². The van der Waals surface area contributed by atoms with Crippen LogP contribution in [0.3, 0.4) is 0 Å². The lowest BCUT2D eigenvalue weighted by Crippen LogP contribution is -2.34. The van der Waals surface area contributed by atoms with Gasteiger partial charge in [-0.25, -0.2) is 0 Å². The SMILES string of the molecule is CC(=O)NCCCC(=O)NCC(c1ccco1)N(C)C. The molecule has 0 aromatic carbocycles. The number of hydrogen-bond acceptors (Lipinski definition) is 4. The molecule has 0 fully saturated rings. The Bertz CT molecular complexity index is 415. The lowest BCUT2D eigenvalue weighted by Gasteiger charge is -2.22. The molecule has 0 radical (unpaired) electrons. The van der Waals surface area contributed by atoms with Crippen molar-refractivity contribution in [1.82, 2.24) is 15.5 Å². The van der Waals surface area contributed by atoms with Gasteiger partial charge in [0.15, 0.2) is 0 Å². The Kier molecular flexibility index (Phi) is 6.79. The molecular weight excluding hydrogens is 258 g/mol. The van der Waals surface area contributed by atoms with Crippen molar-refractivity contribution in [2.45, 2.75) is 25.8 Å². The van der Waals surface area contributed by atoms with Crippen LogP contribution in [0.5, 0.6) is 0 Å². The molecule has 0 aliphatic rings. The van der Waals surface area contributed by atoms with Crippen LogP contribution in [0, 0.1) is 0 Å². The minimum absolute atomic E-state index is 0.0179. The number of hydrogen-bond donors (Lipinski definition) is 2. The van der Waals surface area contributed by atoms with Crippen LogP contribution in [-0.2, 0) is 9.59 Å². The zero-order valence-corrected chi connectivity index (χ0v) is 12.3. The largest absolute Gasteiger partial charge is 0.468 e. The predicted octanol–water partition coefficient (Wildman–Crippen LogP) is 0.915. The summed E-state index contributed by atoms with van der Waals surface area (Å²) in [5.41, 5.74) is 0. The van der Waals surface area contributed by atoms with E-state index in [1.165, 1.54) is 6.92 Å². The molecule has 6 heteroatoms. The van der Waals surface area contributed by atoms with Crippen LogP contribution in [0.25, 0.3) is 0 Å². The van der Waals surface area contributed by atoms with Crippen molar-refractivity contribution in [2.24, 2.45) is 0 Å². The first-order chi connectivity index (χ1) is 9.50. The second-order valence-corrected chi connectivity index (χ2v) is 4.89. The van der Waals surface area contributed by atoms with Crippen molar-refractivity contribution in [1.29, 1.82) is 0 Å². The first-order valence-corrected chi connectivity index (χ1v) is 6.71. The number of nitrogens with one attached hydrogen (secondary N) is 2. The van der Waals surface area contributed by atoms with E-state index >= 15 is 0 Å². The van der Waals surface area contributed by atoms with Crippen molar-refractivity contribution in [2.75, 3.05) is 27.2 Å². The Balaban J connectivity index is 2.29. The molecule has 6 nitrogen and oxygen atoms in total. The number of carbonyl (C=O) groups is 2. The number of nitrogens with zero attached hydrogens (tertiary/aromatic N) is 1. The van der Waals surface area contributed by atoms with Gasteiger partial charge in [0.25, 0.3) is 0 Å². The molecule has 20 heavy (non-hydrogen) atoms. The van der Waals surface area contributed by atoms with Crippen LogP contribution < -0.4 is 10.6 Å². The van der Waals surface area contributed by atoms with E-state index in [0.717, 1.165) is 5.76 Å². The molecule has 2 amide bonds. The zero-order chi connectivity index (χ0) is 15.0. The summed E-state index contributed by atoms with van der Waals surface area (Å²) in [6.07, 6.45) is 2.67. The first-order valence-electron chi connectivity index (χ1n) is 6.71. The molecule has 112 valence electrons. The van der Waals surface area contributed by atoms with Gasteiger partial charge < -0.3 is 15.1 Å². The summed E-state index contributed by atoms with van der Waals surface area (Å²) in [5, 5.41) is 5.55. The molecule has 0 saturated heterocycles. The lowest BCUT2D eigenvalue weighted by molar-refractivity contribution is -0.122. The maximum absolute atomic E-state index is 11.7. The molecule has 1 rings (SSSR count). The smallest absolute Gasteiger partial charge is 0.220 e. The second kappa shape index (κ2) is 8.37. The number of amides is 2. The third-order valence-corrected chi connectivity index (χ3v) is 2.94. The first kappa shape index (κ1) is 16.2. The summed E-state index contributed by atoms with van der Waals surface area (Å²) in [6.45, 7) is 2.49. The van der Waals surface area contributed by atoms with Crippen LogP contribution in [0.1, 0.15) is 31.6 Å². The van der Waals surface area contributed by atoms with Crippen molar-refractivity contribution < 1.29 is 14.0 Å². The predicted molar refractivity (Wildman–Crippen MR) is 76.1 cm³/mol. The average molecular weight is 281 g/mol. The van der Waals surface area contributed by atoms with Crippen LogP contribution in [0.4, 0.5) is 0 Å². The Morgan fingerprint density at radius 1 is 1.35 bits per heavy atom. The maximum atomic E-state index is 11.7. The fourth-order valence-electron chi connectivity index (χ4n) is 1.83. The van der Waals surface area contributed by atoms with E-state index in [1.54, 1.807) is 6.26 Å². The van der Waals surface area contributed by atoms with Crippen LogP contribution in [-0.4, -0.2) is 43.9 Å². The van der Waals surface area contributed by atoms with E-state index in [1.807, 2.05) is 31.1 Å². The van der Waals surface area contributed by atoms with Gasteiger partial charge in [-0.05, 0) is 32.6 Å². The van der Waals surface area contributed by atoms with Crippen LogP contribution in [0.15, 0.2) is 22.8 Å². The normalized spacial score (nSPS) is 12.2. The van der Waals surface area contributed by atoms with E-state index < -0.39 is 0 Å². The lowest BCUT2D eigenvalue weighted by atomic mass is 10.2. The number of furan rings is 1. The number of likely N-dealkylation sites (N-methyl/N-ethyl adjacent to an activating group) is 1. The van der Waals surface area contributed by atoms with Crippen molar-refractivity contribution >= 4 is 11.8 Å². The molecular formula is C14H23N3O3. The molecule has 0 spiro atoms. The van der Waals surface area contributed by atoms with E-state index in [2.05, 4.69) is 10.6 Å².